The molecule has 2 rings (SSSR count). The Balaban J connectivity index is 2.25. The normalized spacial score (nSPS) is 14.1. The molecular formula is C20H25ClN2O5S2. The number of sulfonamides is 1. The number of aryl methyl sites for hydroxylation is 1. The highest BCUT2D eigenvalue weighted by molar-refractivity contribution is 7.92. The fraction of sp³-hybridized carbons (Fsp3) is 0.350. The van der Waals surface area contributed by atoms with E-state index in [0.717, 1.165) is 22.4 Å². The van der Waals surface area contributed by atoms with Crippen molar-refractivity contribution < 1.29 is 21.6 Å². The van der Waals surface area contributed by atoms with Crippen LogP contribution in [0.1, 0.15) is 31.0 Å². The number of amides is 1. The Labute approximate surface area is 183 Å². The van der Waals surface area contributed by atoms with E-state index in [-0.39, 0.29) is 4.90 Å². The second-order valence-corrected chi connectivity index (χ2v) is 11.5. The molecule has 2 aromatic rings. The zero-order valence-corrected chi connectivity index (χ0v) is 19.8. The Morgan fingerprint density at radius 3 is 2.03 bits per heavy atom. The fourth-order valence-electron chi connectivity index (χ4n) is 2.95. The number of carbonyl (C=O) groups is 1. The third-order valence-corrected chi connectivity index (χ3v) is 7.44. The molecule has 0 aromatic heterocycles. The Kier molecular flexibility index (Phi) is 7.21. The summed E-state index contributed by atoms with van der Waals surface area (Å²) in [6.45, 7) is 5.01. The van der Waals surface area contributed by atoms with Gasteiger partial charge in [0.05, 0.1) is 22.9 Å². The van der Waals surface area contributed by atoms with Gasteiger partial charge >= 0.3 is 0 Å². The molecule has 7 nitrogen and oxygen atoms in total. The van der Waals surface area contributed by atoms with Gasteiger partial charge in [-0.05, 0) is 56.2 Å². The highest BCUT2D eigenvalue weighted by Crippen LogP contribution is 2.27. The van der Waals surface area contributed by atoms with Crippen molar-refractivity contribution >= 4 is 43.1 Å². The smallest absolute Gasteiger partial charge is 0.244 e. The first kappa shape index (κ1) is 24.2. The van der Waals surface area contributed by atoms with Crippen molar-refractivity contribution in [1.82, 2.24) is 5.32 Å². The minimum absolute atomic E-state index is 0.178. The number of anilines is 1. The molecule has 164 valence electrons. The summed E-state index contributed by atoms with van der Waals surface area (Å²) in [5.41, 5.74) is 1.77. The van der Waals surface area contributed by atoms with Gasteiger partial charge in [0.1, 0.15) is 6.04 Å². The summed E-state index contributed by atoms with van der Waals surface area (Å²) in [7, 11) is -7.09. The Morgan fingerprint density at radius 2 is 1.57 bits per heavy atom. The van der Waals surface area contributed by atoms with Crippen LogP contribution in [0.4, 0.5) is 5.69 Å². The molecule has 0 heterocycles. The molecule has 0 aliphatic rings. The number of sulfone groups is 1. The van der Waals surface area contributed by atoms with Crippen LogP contribution < -0.4 is 9.62 Å². The molecule has 1 amide bonds. The van der Waals surface area contributed by atoms with E-state index in [1.54, 1.807) is 38.1 Å². The van der Waals surface area contributed by atoms with Crippen molar-refractivity contribution in [3.63, 3.8) is 0 Å². The molecule has 0 aliphatic carbocycles. The third kappa shape index (κ3) is 5.74. The summed E-state index contributed by atoms with van der Waals surface area (Å²) < 4.78 is 49.0. The van der Waals surface area contributed by atoms with Crippen LogP contribution in [0.5, 0.6) is 0 Å². The lowest BCUT2D eigenvalue weighted by atomic mass is 10.1. The molecule has 2 aromatic carbocycles. The highest BCUT2D eigenvalue weighted by atomic mass is 35.5. The molecular weight excluding hydrogens is 448 g/mol. The predicted molar refractivity (Wildman–Crippen MR) is 119 cm³/mol. The Bertz CT molecular complexity index is 1150. The molecule has 0 bridgehead atoms. The van der Waals surface area contributed by atoms with Gasteiger partial charge in [0.2, 0.25) is 15.9 Å². The van der Waals surface area contributed by atoms with E-state index in [2.05, 4.69) is 5.32 Å². The number of hydrogen-bond donors (Lipinski definition) is 1. The predicted octanol–water partition coefficient (Wildman–Crippen LogP) is 3.08. The zero-order chi connectivity index (χ0) is 22.9. The van der Waals surface area contributed by atoms with Crippen LogP contribution >= 0.6 is 11.6 Å². The lowest BCUT2D eigenvalue weighted by molar-refractivity contribution is -0.122. The topological polar surface area (TPSA) is 101 Å². The SMILES string of the molecule is Cc1ccc(N([C@H](C)C(=O)N[C@@H](C)c2ccc(S(C)(=O)=O)cc2)S(C)(=O)=O)cc1Cl. The first-order chi connectivity index (χ1) is 13.7. The molecule has 0 saturated carbocycles. The molecule has 0 spiro atoms. The molecule has 30 heavy (non-hydrogen) atoms. The van der Waals surface area contributed by atoms with Crippen molar-refractivity contribution in [2.75, 3.05) is 16.8 Å². The highest BCUT2D eigenvalue weighted by Gasteiger charge is 2.30. The average molecular weight is 473 g/mol. The van der Waals surface area contributed by atoms with Gasteiger partial charge in [-0.15, -0.1) is 0 Å². The van der Waals surface area contributed by atoms with Gasteiger partial charge in [0, 0.05) is 11.3 Å². The fourth-order valence-corrected chi connectivity index (χ4v) is 4.92. The maximum Gasteiger partial charge on any atom is 0.244 e. The van der Waals surface area contributed by atoms with E-state index in [1.165, 1.54) is 25.1 Å². The minimum Gasteiger partial charge on any atom is -0.348 e. The van der Waals surface area contributed by atoms with Crippen molar-refractivity contribution in [3.8, 4) is 0 Å². The van der Waals surface area contributed by atoms with Gasteiger partial charge in [-0.3, -0.25) is 9.10 Å². The van der Waals surface area contributed by atoms with Crippen molar-refractivity contribution in [3.05, 3.63) is 58.6 Å². The van der Waals surface area contributed by atoms with Crippen LogP contribution in [0.2, 0.25) is 5.02 Å². The molecule has 0 unspecified atom stereocenters. The van der Waals surface area contributed by atoms with Crippen LogP contribution in [0.3, 0.4) is 0 Å². The molecule has 0 radical (unpaired) electrons. The second kappa shape index (κ2) is 8.95. The minimum atomic E-state index is -3.77. The molecule has 2 atom stereocenters. The van der Waals surface area contributed by atoms with Gasteiger partial charge in [0.15, 0.2) is 9.84 Å². The quantitative estimate of drug-likeness (QED) is 0.667. The van der Waals surface area contributed by atoms with Crippen LogP contribution in [0.25, 0.3) is 0 Å². The van der Waals surface area contributed by atoms with Gasteiger partial charge in [-0.25, -0.2) is 16.8 Å². The van der Waals surface area contributed by atoms with Crippen molar-refractivity contribution in [1.29, 1.82) is 0 Å². The summed E-state index contributed by atoms with van der Waals surface area (Å²) >= 11 is 6.14. The van der Waals surface area contributed by atoms with E-state index in [4.69, 9.17) is 11.6 Å². The maximum absolute atomic E-state index is 12.8. The maximum atomic E-state index is 12.8. The lowest BCUT2D eigenvalue weighted by Crippen LogP contribution is -2.48. The lowest BCUT2D eigenvalue weighted by Gasteiger charge is -2.29. The summed E-state index contributed by atoms with van der Waals surface area (Å²) in [5, 5.41) is 3.17. The number of rotatable bonds is 7. The largest absolute Gasteiger partial charge is 0.348 e. The van der Waals surface area contributed by atoms with E-state index < -0.39 is 37.9 Å². The van der Waals surface area contributed by atoms with E-state index >= 15 is 0 Å². The number of benzene rings is 2. The molecule has 0 saturated heterocycles. The van der Waals surface area contributed by atoms with Crippen molar-refractivity contribution in [2.45, 2.75) is 37.8 Å². The van der Waals surface area contributed by atoms with Gasteiger partial charge in [-0.2, -0.15) is 0 Å². The van der Waals surface area contributed by atoms with Crippen molar-refractivity contribution in [2.24, 2.45) is 0 Å². The van der Waals surface area contributed by atoms with Crippen LogP contribution in [0, 0.1) is 6.92 Å². The first-order valence-corrected chi connectivity index (χ1v) is 13.2. The summed E-state index contributed by atoms with van der Waals surface area (Å²) in [4.78, 5) is 13.0. The van der Waals surface area contributed by atoms with E-state index in [1.807, 2.05) is 0 Å². The summed E-state index contributed by atoms with van der Waals surface area (Å²) in [5.74, 6) is -0.503. The van der Waals surface area contributed by atoms with Crippen LogP contribution in [-0.2, 0) is 24.7 Å². The monoisotopic (exact) mass is 472 g/mol. The molecule has 1 N–H and O–H groups in total. The molecule has 0 fully saturated rings. The summed E-state index contributed by atoms with van der Waals surface area (Å²) in [6, 6.07) is 9.45. The van der Waals surface area contributed by atoms with Gasteiger partial charge in [0.25, 0.3) is 0 Å². The van der Waals surface area contributed by atoms with E-state index in [0.29, 0.717) is 16.3 Å². The van der Waals surface area contributed by atoms with Crippen LogP contribution in [0.15, 0.2) is 47.4 Å². The first-order valence-electron chi connectivity index (χ1n) is 9.07. The number of nitrogens with one attached hydrogen (secondary N) is 1. The number of carbonyl (C=O) groups excluding carboxylic acids is 1. The number of nitrogens with zero attached hydrogens (tertiary/aromatic N) is 1. The molecule has 10 heteroatoms. The van der Waals surface area contributed by atoms with Gasteiger partial charge < -0.3 is 5.32 Å². The standard InChI is InChI=1S/C20H25ClN2O5S2/c1-13-6-9-17(12-19(13)21)23(30(5,27)28)15(3)20(24)22-14(2)16-7-10-18(11-8-16)29(4,25)26/h6-12,14-15H,1-5H3,(H,22,24)/t14-,15+/m0/s1. The third-order valence-electron chi connectivity index (χ3n) is 4.67. The zero-order valence-electron chi connectivity index (χ0n) is 17.4. The molecule has 0 aliphatic heterocycles. The average Bonchev–Trinajstić information content (AvgIpc) is 2.63. The number of hydrogen-bond acceptors (Lipinski definition) is 5. The summed E-state index contributed by atoms with van der Waals surface area (Å²) in [6.07, 6.45) is 2.14. The van der Waals surface area contributed by atoms with Gasteiger partial charge in [-0.1, -0.05) is 29.8 Å². The second-order valence-electron chi connectivity index (χ2n) is 7.24. The van der Waals surface area contributed by atoms with Crippen LogP contribution in [-0.4, -0.2) is 41.3 Å². The Morgan fingerprint density at radius 1 is 1.00 bits per heavy atom. The number of halogens is 1. The Hall–Kier alpha value is -2.10. The van der Waals surface area contributed by atoms with E-state index in [9.17, 15) is 21.6 Å².